The summed E-state index contributed by atoms with van der Waals surface area (Å²) in [6.45, 7) is 11.1. The predicted octanol–water partition coefficient (Wildman–Crippen LogP) is 17.8. The number of alkyl carbamates (subject to hydrolysis) is 2. The molecule has 3 aliphatic carbocycles. The standard InChI is InChI=1S/C30H37F3N4O3.C25H29F3N4O.C16H15F3N4.C13H23NO4.CH4O.2ClH/c1-28(2,3)40-27(39)36-29(11-5-4-6-12-29)16-23(38)15-20-14-22(30(31,32)33)19-37(18-20)25-10-9-21(17-34)26-24(25)8-7-13-35-26;26-25(27,28)19-11-17(12-20(33)13-24(30)8-2-1-3-9-24)15-32(16-19)22-7-6-18(14-29)23-21(22)5-4-10-31-23;17-16(18,19)11-6-12(21)9-23(8-11)14-4-3-10(7-20)15-13(14)2-1-5-22-15;1-12(2,3)18-11(17)14-13(9-10(15)16)7-5-4-6-8-13;1-2;;/h7-10,13,20,22H,4-6,11-12,14-16,18-19H2,1-3H3,(H,36,39);4-7,10,17,19H,1-3,8-9,11-13,15-16,30H2;1-5,11-12H,6,8-9,21H2;4-9H2,1-3H3,(H,14,17)(H,15,16);2H,1H3;2*1H. The van der Waals surface area contributed by atoms with E-state index in [0.29, 0.717) is 105 Å². The Morgan fingerprint density at radius 3 is 1.11 bits per heavy atom. The van der Waals surface area contributed by atoms with Crippen molar-refractivity contribution in [2.24, 2.45) is 41.1 Å². The van der Waals surface area contributed by atoms with Gasteiger partial charge >= 0.3 is 36.7 Å². The number of ketones is 2. The Morgan fingerprint density at radius 1 is 0.475 bits per heavy atom. The largest absolute Gasteiger partial charge is 0.481 e. The van der Waals surface area contributed by atoms with E-state index in [1.807, 2.05) is 0 Å². The van der Waals surface area contributed by atoms with E-state index in [1.54, 1.807) is 148 Å². The number of carbonyl (C=O) groups excluding carboxylic acids is 4. The maximum absolute atomic E-state index is 14.1. The van der Waals surface area contributed by atoms with Gasteiger partial charge in [-0.15, -0.1) is 24.8 Å². The van der Waals surface area contributed by atoms with E-state index in [0.717, 1.165) is 77.7 Å². The lowest BCUT2D eigenvalue weighted by Crippen LogP contribution is -2.52. The van der Waals surface area contributed by atoms with Gasteiger partial charge in [-0.05, 0) is 184 Å². The topological polar surface area (TPSA) is 340 Å². The molecule has 0 bridgehead atoms. The molecule has 6 atom stereocenters. The Balaban J connectivity index is 0.000000251. The first-order chi connectivity index (χ1) is 54.6. The molecule has 646 valence electrons. The number of aromatic nitrogens is 3. The van der Waals surface area contributed by atoms with Gasteiger partial charge in [-0.1, -0.05) is 57.8 Å². The molecular weight excluding hydrogens is 1590 g/mol. The molecule has 3 saturated heterocycles. The van der Waals surface area contributed by atoms with Crippen LogP contribution in [-0.2, 0) is 23.9 Å². The highest BCUT2D eigenvalue weighted by Crippen LogP contribution is 2.45. The molecular formula is C85H110Cl2F9N13O9. The van der Waals surface area contributed by atoms with Crippen molar-refractivity contribution in [3.63, 3.8) is 0 Å². The van der Waals surface area contributed by atoms with Gasteiger partial charge in [0.2, 0.25) is 0 Å². The summed E-state index contributed by atoms with van der Waals surface area (Å²) >= 11 is 0. The molecule has 3 aromatic heterocycles. The monoisotopic (exact) mass is 1700 g/mol. The summed E-state index contributed by atoms with van der Waals surface area (Å²) in [6, 6.07) is 25.9. The fourth-order valence-corrected chi connectivity index (χ4v) is 17.2. The van der Waals surface area contributed by atoms with Crippen molar-refractivity contribution in [3.05, 3.63) is 108 Å². The number of hydrogen-bond acceptors (Lipinski definition) is 19. The van der Waals surface area contributed by atoms with Gasteiger partial charge in [-0.2, -0.15) is 55.3 Å². The number of nitriles is 3. The molecule has 6 aliphatic rings. The number of nitrogens with two attached hydrogens (primary N) is 2. The van der Waals surface area contributed by atoms with Crippen LogP contribution in [0.4, 0.5) is 66.2 Å². The number of Topliss-reactive ketones (excluding diaryl/α,β-unsaturated/α-hetero) is 2. The van der Waals surface area contributed by atoms with Crippen molar-refractivity contribution in [1.82, 2.24) is 25.6 Å². The summed E-state index contributed by atoms with van der Waals surface area (Å²) in [5.41, 5.74) is 13.5. The number of carboxylic acids is 1. The molecule has 6 fully saturated rings. The number of hydrogen-bond donors (Lipinski definition) is 6. The summed E-state index contributed by atoms with van der Waals surface area (Å²) in [7, 11) is 1.00. The molecule has 6 heterocycles. The van der Waals surface area contributed by atoms with Crippen LogP contribution in [0.2, 0.25) is 0 Å². The summed E-state index contributed by atoms with van der Waals surface area (Å²) in [6.07, 6.45) is 3.75. The second kappa shape index (κ2) is 42.2. The van der Waals surface area contributed by atoms with E-state index in [1.165, 1.54) is 0 Å². The Bertz CT molecular complexity index is 4510. The first-order valence-corrected chi connectivity index (χ1v) is 39.6. The maximum atomic E-state index is 14.1. The number of amides is 2. The van der Waals surface area contributed by atoms with Gasteiger partial charge in [-0.3, -0.25) is 29.3 Å². The van der Waals surface area contributed by atoms with Gasteiger partial charge in [0.25, 0.3) is 0 Å². The van der Waals surface area contributed by atoms with Gasteiger partial charge in [0.15, 0.2) is 0 Å². The summed E-state index contributed by atoms with van der Waals surface area (Å²) in [5.74, 6) is -6.57. The number of aliphatic carboxylic acids is 1. The zero-order valence-corrected chi connectivity index (χ0v) is 69.4. The maximum Gasteiger partial charge on any atom is 0.408 e. The van der Waals surface area contributed by atoms with Crippen molar-refractivity contribution >= 4 is 104 Å². The van der Waals surface area contributed by atoms with Crippen LogP contribution in [0.15, 0.2) is 91.4 Å². The third-order valence-electron chi connectivity index (χ3n) is 22.2. The number of halogens is 11. The third kappa shape index (κ3) is 27.8. The lowest BCUT2D eigenvalue weighted by atomic mass is 9.76. The lowest BCUT2D eigenvalue weighted by Gasteiger charge is -2.41. The van der Waals surface area contributed by atoms with Gasteiger partial charge in [0, 0.05) is 135 Å². The molecule has 0 spiro atoms. The van der Waals surface area contributed by atoms with E-state index < -0.39 is 100 Å². The zero-order chi connectivity index (χ0) is 85.2. The first-order valence-electron chi connectivity index (χ1n) is 39.6. The predicted molar refractivity (Wildman–Crippen MR) is 437 cm³/mol. The fourth-order valence-electron chi connectivity index (χ4n) is 17.2. The second-order valence-electron chi connectivity index (χ2n) is 33.8. The number of benzene rings is 3. The highest BCUT2D eigenvalue weighted by molar-refractivity contribution is 5.97. The molecule has 22 nitrogen and oxygen atoms in total. The van der Waals surface area contributed by atoms with Crippen LogP contribution in [-0.4, -0.2) is 154 Å². The number of carboxylic acid groups (broad SMARTS) is 1. The molecule has 3 aromatic carbocycles. The first kappa shape index (κ1) is 97.8. The van der Waals surface area contributed by atoms with Crippen LogP contribution in [0.3, 0.4) is 0 Å². The van der Waals surface area contributed by atoms with Crippen molar-refractivity contribution in [3.8, 4) is 18.2 Å². The molecule has 0 radical (unpaired) electrons. The number of carbonyl (C=O) groups is 5. The Kier molecular flexibility index (Phi) is 35.0. The smallest absolute Gasteiger partial charge is 0.408 e. The molecule has 12 rings (SSSR count). The number of nitrogens with one attached hydrogen (secondary N) is 2. The van der Waals surface area contributed by atoms with E-state index in [-0.39, 0.29) is 114 Å². The van der Waals surface area contributed by atoms with Crippen LogP contribution in [0, 0.1) is 63.6 Å². The van der Waals surface area contributed by atoms with Crippen molar-refractivity contribution < 1.29 is 83.2 Å². The number of anilines is 3. The van der Waals surface area contributed by atoms with Crippen LogP contribution in [0.25, 0.3) is 32.7 Å². The number of rotatable bonds is 15. The number of aliphatic hydroxyl groups excluding tert-OH is 1. The number of fused-ring (bicyclic) bond motifs is 3. The van der Waals surface area contributed by atoms with Gasteiger partial charge in [0.05, 0.1) is 68.5 Å². The van der Waals surface area contributed by atoms with E-state index >= 15 is 0 Å². The number of ether oxygens (including phenoxy) is 2. The number of alkyl halides is 9. The third-order valence-corrected chi connectivity index (χ3v) is 22.2. The number of piperidine rings is 3. The quantitative estimate of drug-likeness (QED) is 0.0520. The number of nitrogens with zero attached hydrogens (tertiary/aromatic N) is 9. The van der Waals surface area contributed by atoms with Crippen LogP contribution in [0.5, 0.6) is 0 Å². The van der Waals surface area contributed by atoms with Crippen molar-refractivity contribution in [2.75, 3.05) is 61.1 Å². The molecule has 6 unspecified atom stereocenters. The van der Waals surface area contributed by atoms with Crippen LogP contribution in [0.1, 0.15) is 206 Å². The average molecular weight is 1700 g/mol. The van der Waals surface area contributed by atoms with Crippen LogP contribution < -0.4 is 36.8 Å². The highest BCUT2D eigenvalue weighted by Gasteiger charge is 2.49. The highest BCUT2D eigenvalue weighted by atomic mass is 35.5. The van der Waals surface area contributed by atoms with E-state index in [4.69, 9.17) is 36.4 Å². The molecule has 6 aromatic rings. The zero-order valence-electron chi connectivity index (χ0n) is 67.8. The fraction of sp³-hybridized carbons (Fsp3) is 0.588. The SMILES string of the molecule is CC(C)(C)OC(=O)NC1(CC(=O)CC2CC(C(F)(F)F)CN(c3ccc(C#N)c4ncccc34)C2)CCCCC1.CC(C)(C)OC(=O)NC1(CC(=O)O)CCCCC1.CO.Cl.Cl.N#Cc1ccc(N2CC(CC(=O)CC3(N)CCCCC3)CC(C(F)(F)F)C2)c2cccnc12.N#Cc1ccc(N2CC(N)CC(C(F)(F)F)C2)c2cccnc12. The molecule has 33 heteroatoms. The minimum atomic E-state index is -4.41. The number of aliphatic hydroxyl groups is 1. The van der Waals surface area contributed by atoms with Gasteiger partial charge in [-0.25, -0.2) is 9.59 Å². The second-order valence-corrected chi connectivity index (χ2v) is 33.8. The van der Waals surface area contributed by atoms with Crippen LogP contribution >= 0.6 is 24.8 Å². The van der Waals surface area contributed by atoms with Gasteiger partial charge < -0.3 is 56.5 Å². The Hall–Kier alpha value is -9.06. The summed E-state index contributed by atoms with van der Waals surface area (Å²) in [5, 5.41) is 51.6. The molecule has 3 saturated carbocycles. The normalized spacial score (nSPS) is 21.1. The van der Waals surface area contributed by atoms with Gasteiger partial charge in [0.1, 0.15) is 41.0 Å². The Morgan fingerprint density at radius 2 is 0.788 bits per heavy atom. The molecule has 8 N–H and O–H groups in total. The Labute approximate surface area is 695 Å². The minimum Gasteiger partial charge on any atom is -0.481 e. The molecule has 2 amide bonds. The molecule has 3 aliphatic heterocycles. The summed E-state index contributed by atoms with van der Waals surface area (Å²) < 4.78 is 134. The van der Waals surface area contributed by atoms with E-state index in [9.17, 15) is 74.0 Å². The minimum absolute atomic E-state index is 0. The van der Waals surface area contributed by atoms with Crippen molar-refractivity contribution in [2.45, 2.75) is 242 Å². The lowest BCUT2D eigenvalue weighted by molar-refractivity contribution is -0.180. The van der Waals surface area contributed by atoms with Crippen molar-refractivity contribution in [1.29, 1.82) is 15.8 Å². The molecule has 118 heavy (non-hydrogen) atoms. The number of pyridine rings is 3. The summed E-state index contributed by atoms with van der Waals surface area (Å²) in [4.78, 5) is 79.4. The van der Waals surface area contributed by atoms with E-state index in [2.05, 4.69) is 43.8 Å². The average Bonchev–Trinajstić information content (AvgIpc) is 0.782.